The molecule has 0 aliphatic heterocycles. The van der Waals surface area contributed by atoms with E-state index in [2.05, 4.69) is 59.9 Å². The lowest BCUT2D eigenvalue weighted by molar-refractivity contribution is 1.37. The molecule has 0 aliphatic rings. The standard InChI is InChI=1S/C13H8Br3Cl/c14-13(15,16)11-3-1-2-10(8-11)9-4-6-12(17)7-5-9/h1-8H. The minimum absolute atomic E-state index is 0.380. The topological polar surface area (TPSA) is 0 Å². The zero-order valence-corrected chi connectivity index (χ0v) is 14.1. The highest BCUT2D eigenvalue weighted by atomic mass is 80.0. The molecule has 0 aliphatic carbocycles. The number of rotatable bonds is 1. The first-order valence-corrected chi connectivity index (χ1v) is 7.66. The summed E-state index contributed by atoms with van der Waals surface area (Å²) in [5.74, 6) is 0. The molecule has 4 heteroatoms. The molecular formula is C13H8Br3Cl. The van der Waals surface area contributed by atoms with E-state index >= 15 is 0 Å². The summed E-state index contributed by atoms with van der Waals surface area (Å²) in [6.07, 6.45) is 0. The first kappa shape index (κ1) is 13.6. The molecule has 0 nitrogen and oxygen atoms in total. The van der Waals surface area contributed by atoms with Gasteiger partial charge in [0.15, 0.2) is 2.14 Å². The van der Waals surface area contributed by atoms with E-state index in [1.807, 2.05) is 36.4 Å². The molecule has 0 bridgehead atoms. The van der Waals surface area contributed by atoms with Gasteiger partial charge in [0.1, 0.15) is 0 Å². The van der Waals surface area contributed by atoms with Crippen LogP contribution in [0.2, 0.25) is 5.02 Å². The molecule has 2 aromatic carbocycles. The van der Waals surface area contributed by atoms with Crippen molar-refractivity contribution in [2.45, 2.75) is 2.14 Å². The third kappa shape index (κ3) is 3.57. The van der Waals surface area contributed by atoms with Crippen LogP contribution in [-0.2, 0) is 2.14 Å². The maximum absolute atomic E-state index is 5.88. The van der Waals surface area contributed by atoms with Crippen molar-refractivity contribution in [1.82, 2.24) is 0 Å². The van der Waals surface area contributed by atoms with Gasteiger partial charge in [-0.2, -0.15) is 0 Å². The minimum atomic E-state index is -0.380. The second-order valence-electron chi connectivity index (χ2n) is 3.59. The largest absolute Gasteiger partial charge is 0.159 e. The summed E-state index contributed by atoms with van der Waals surface area (Å²) < 4.78 is -0.380. The van der Waals surface area contributed by atoms with Crippen LogP contribution in [0.1, 0.15) is 5.56 Å². The van der Waals surface area contributed by atoms with Crippen LogP contribution in [0, 0.1) is 0 Å². The quantitative estimate of drug-likeness (QED) is 0.458. The lowest BCUT2D eigenvalue weighted by Crippen LogP contribution is -1.97. The summed E-state index contributed by atoms with van der Waals surface area (Å²) >= 11 is 16.4. The molecule has 17 heavy (non-hydrogen) atoms. The van der Waals surface area contributed by atoms with Crippen LogP contribution < -0.4 is 0 Å². The summed E-state index contributed by atoms with van der Waals surface area (Å²) in [7, 11) is 0. The maximum atomic E-state index is 5.88. The molecule has 0 atom stereocenters. The fraction of sp³-hybridized carbons (Fsp3) is 0.0769. The first-order valence-electron chi connectivity index (χ1n) is 4.90. The number of hydrogen-bond acceptors (Lipinski definition) is 0. The average molecular weight is 439 g/mol. The third-order valence-electron chi connectivity index (χ3n) is 2.37. The molecule has 0 spiro atoms. The van der Waals surface area contributed by atoms with Gasteiger partial charge in [0.2, 0.25) is 0 Å². The molecule has 0 amide bonds. The molecule has 0 N–H and O–H groups in total. The predicted octanol–water partition coefficient (Wildman–Crippen LogP) is 6.30. The number of hydrogen-bond donors (Lipinski definition) is 0. The Labute approximate surface area is 131 Å². The molecule has 0 fully saturated rings. The molecule has 0 radical (unpaired) electrons. The van der Waals surface area contributed by atoms with Crippen LogP contribution >= 0.6 is 59.4 Å². The monoisotopic (exact) mass is 436 g/mol. The van der Waals surface area contributed by atoms with Crippen LogP contribution in [0.4, 0.5) is 0 Å². The van der Waals surface area contributed by atoms with E-state index in [0.717, 1.165) is 21.7 Å². The molecule has 0 aromatic heterocycles. The van der Waals surface area contributed by atoms with E-state index in [9.17, 15) is 0 Å². The van der Waals surface area contributed by atoms with Crippen LogP contribution in [0.25, 0.3) is 11.1 Å². The third-order valence-corrected chi connectivity index (χ3v) is 3.99. The van der Waals surface area contributed by atoms with Crippen molar-refractivity contribution in [2.75, 3.05) is 0 Å². The second-order valence-corrected chi connectivity index (χ2v) is 10.8. The van der Waals surface area contributed by atoms with E-state index < -0.39 is 0 Å². The minimum Gasteiger partial charge on any atom is -0.0843 e. The van der Waals surface area contributed by atoms with Crippen molar-refractivity contribution >= 4 is 59.4 Å². The first-order chi connectivity index (χ1) is 7.97. The summed E-state index contributed by atoms with van der Waals surface area (Å²) in [5.41, 5.74) is 3.40. The SMILES string of the molecule is Clc1ccc(-c2cccc(C(Br)(Br)Br)c2)cc1. The Morgan fingerprint density at radius 2 is 1.47 bits per heavy atom. The molecule has 2 aromatic rings. The predicted molar refractivity (Wildman–Crippen MR) is 85.3 cm³/mol. The Hall–Kier alpha value is 0.170. The molecule has 0 saturated carbocycles. The van der Waals surface area contributed by atoms with Crippen LogP contribution in [-0.4, -0.2) is 0 Å². The van der Waals surface area contributed by atoms with E-state index in [0.29, 0.717) is 0 Å². The second kappa shape index (κ2) is 5.43. The highest BCUT2D eigenvalue weighted by Gasteiger charge is 2.20. The molecule has 0 saturated heterocycles. The van der Waals surface area contributed by atoms with Crippen LogP contribution in [0.15, 0.2) is 48.5 Å². The average Bonchev–Trinajstić information content (AvgIpc) is 2.29. The van der Waals surface area contributed by atoms with Gasteiger partial charge in [-0.1, -0.05) is 89.7 Å². The molecule has 88 valence electrons. The highest BCUT2D eigenvalue weighted by Crippen LogP contribution is 2.45. The van der Waals surface area contributed by atoms with E-state index in [-0.39, 0.29) is 2.14 Å². The summed E-state index contributed by atoms with van der Waals surface area (Å²) in [6.45, 7) is 0. The number of benzene rings is 2. The van der Waals surface area contributed by atoms with Gasteiger partial charge in [0.05, 0.1) is 0 Å². The number of alkyl halides is 3. The van der Waals surface area contributed by atoms with E-state index in [1.165, 1.54) is 0 Å². The zero-order valence-electron chi connectivity index (χ0n) is 8.63. The zero-order chi connectivity index (χ0) is 12.5. The van der Waals surface area contributed by atoms with E-state index in [4.69, 9.17) is 11.6 Å². The molecule has 0 unspecified atom stereocenters. The normalized spacial score (nSPS) is 11.5. The fourth-order valence-electron chi connectivity index (χ4n) is 1.52. The van der Waals surface area contributed by atoms with E-state index in [1.54, 1.807) is 0 Å². The van der Waals surface area contributed by atoms with Gasteiger partial charge in [0, 0.05) is 5.02 Å². The Morgan fingerprint density at radius 1 is 0.824 bits per heavy atom. The number of halogens is 4. The highest BCUT2D eigenvalue weighted by molar-refractivity contribution is 9.38. The Balaban J connectivity index is 2.43. The van der Waals surface area contributed by atoms with Gasteiger partial charge in [-0.15, -0.1) is 0 Å². The van der Waals surface area contributed by atoms with Crippen molar-refractivity contribution in [2.24, 2.45) is 0 Å². The molecular weight excluding hydrogens is 431 g/mol. The van der Waals surface area contributed by atoms with Gasteiger partial charge in [-0.25, -0.2) is 0 Å². The smallest absolute Gasteiger partial charge is 0.0843 e. The van der Waals surface area contributed by atoms with Crippen molar-refractivity contribution in [3.8, 4) is 11.1 Å². The van der Waals surface area contributed by atoms with Gasteiger partial charge in [-0.3, -0.25) is 0 Å². The van der Waals surface area contributed by atoms with Crippen molar-refractivity contribution in [3.05, 3.63) is 59.1 Å². The van der Waals surface area contributed by atoms with Gasteiger partial charge >= 0.3 is 0 Å². The fourth-order valence-corrected chi connectivity index (χ4v) is 2.38. The Kier molecular flexibility index (Phi) is 4.35. The van der Waals surface area contributed by atoms with Gasteiger partial charge in [0.25, 0.3) is 0 Å². The molecule has 0 heterocycles. The maximum Gasteiger partial charge on any atom is 0.159 e. The van der Waals surface area contributed by atoms with Crippen molar-refractivity contribution < 1.29 is 0 Å². The van der Waals surface area contributed by atoms with Crippen LogP contribution in [0.3, 0.4) is 0 Å². The van der Waals surface area contributed by atoms with Gasteiger partial charge < -0.3 is 0 Å². The van der Waals surface area contributed by atoms with Crippen LogP contribution in [0.5, 0.6) is 0 Å². The van der Waals surface area contributed by atoms with Gasteiger partial charge in [-0.05, 0) is 34.9 Å². The summed E-state index contributed by atoms with van der Waals surface area (Å²) in [5, 5.41) is 0.751. The summed E-state index contributed by atoms with van der Waals surface area (Å²) in [6, 6.07) is 16.1. The molecule has 2 rings (SSSR count). The van der Waals surface area contributed by atoms with Crippen molar-refractivity contribution in [3.63, 3.8) is 0 Å². The summed E-state index contributed by atoms with van der Waals surface area (Å²) in [4.78, 5) is 0. The Morgan fingerprint density at radius 3 is 2.06 bits per heavy atom. The lowest BCUT2D eigenvalue weighted by atomic mass is 10.0. The van der Waals surface area contributed by atoms with Crippen molar-refractivity contribution in [1.29, 1.82) is 0 Å². The Bertz CT molecular complexity index is 515. The lowest BCUT2D eigenvalue weighted by Gasteiger charge is -2.14.